The van der Waals surface area contributed by atoms with Gasteiger partial charge in [-0.1, -0.05) is 23.6 Å². The molecule has 0 aliphatic carbocycles. The number of carbonyl (C=O) groups is 1. The summed E-state index contributed by atoms with van der Waals surface area (Å²) >= 11 is 0. The van der Waals surface area contributed by atoms with Crippen molar-refractivity contribution in [1.82, 2.24) is 20.5 Å². The number of aromatic nitrogens is 3. The van der Waals surface area contributed by atoms with Crippen LogP contribution in [0.1, 0.15) is 0 Å². The quantitative estimate of drug-likeness (QED) is 0.731. The van der Waals surface area contributed by atoms with Crippen LogP contribution in [0.3, 0.4) is 0 Å². The number of carbonyl (C=O) groups excluding carboxylic acids is 1. The van der Waals surface area contributed by atoms with Crippen molar-refractivity contribution in [2.45, 2.75) is 0 Å². The minimum atomic E-state index is -0.666. The van der Waals surface area contributed by atoms with E-state index in [1.165, 1.54) is 6.20 Å². The van der Waals surface area contributed by atoms with Gasteiger partial charge in [0.05, 0.1) is 0 Å². The van der Waals surface area contributed by atoms with E-state index >= 15 is 0 Å². The Morgan fingerprint density at radius 1 is 1.53 bits per heavy atom. The number of fused-ring (bicyclic) bond motifs is 1. The van der Waals surface area contributed by atoms with Crippen LogP contribution in [0.15, 0.2) is 37.0 Å². The molecule has 0 aliphatic heterocycles. The minimum Gasteiger partial charge on any atom is -0.297 e. The van der Waals surface area contributed by atoms with Crippen molar-refractivity contribution >= 4 is 17.1 Å². The first-order chi connectivity index (χ1) is 7.31. The molecule has 0 saturated carbocycles. The molecule has 1 aromatic heterocycles. The van der Waals surface area contributed by atoms with Crippen molar-refractivity contribution in [3.05, 3.63) is 37.0 Å². The summed E-state index contributed by atoms with van der Waals surface area (Å²) in [5, 5.41) is 9.74. The number of hydrogen-bond donors (Lipinski definition) is 1. The largest absolute Gasteiger partial charge is 0.437 e. The Labute approximate surface area is 85.1 Å². The number of rotatable bonds is 2. The molecular formula is C9H8N4O2. The average molecular weight is 204 g/mol. The molecule has 1 heterocycles. The minimum absolute atomic E-state index is 0.622. The fourth-order valence-corrected chi connectivity index (χ4v) is 1.10. The van der Waals surface area contributed by atoms with Gasteiger partial charge in [0, 0.05) is 6.20 Å². The van der Waals surface area contributed by atoms with Gasteiger partial charge < -0.3 is 0 Å². The van der Waals surface area contributed by atoms with Crippen LogP contribution < -0.4 is 10.2 Å². The number of para-hydroxylation sites is 1. The van der Waals surface area contributed by atoms with E-state index in [1.807, 2.05) is 6.07 Å². The molecule has 1 amide bonds. The third-order valence-electron chi connectivity index (χ3n) is 1.71. The topological polar surface area (TPSA) is 69.0 Å². The Morgan fingerprint density at radius 2 is 2.33 bits per heavy atom. The van der Waals surface area contributed by atoms with E-state index in [0.29, 0.717) is 11.0 Å². The van der Waals surface area contributed by atoms with E-state index in [2.05, 4.69) is 22.2 Å². The van der Waals surface area contributed by atoms with Gasteiger partial charge >= 0.3 is 6.09 Å². The van der Waals surface area contributed by atoms with Crippen LogP contribution in [0.2, 0.25) is 0 Å². The molecule has 0 spiro atoms. The molecule has 0 bridgehead atoms. The molecule has 0 fully saturated rings. The van der Waals surface area contributed by atoms with Gasteiger partial charge in [0.2, 0.25) is 0 Å². The van der Waals surface area contributed by atoms with Gasteiger partial charge in [-0.2, -0.15) is 0 Å². The van der Waals surface area contributed by atoms with Gasteiger partial charge in [-0.3, -0.25) is 10.2 Å². The first-order valence-electron chi connectivity index (χ1n) is 4.21. The van der Waals surface area contributed by atoms with Crippen molar-refractivity contribution in [3.8, 4) is 0 Å². The summed E-state index contributed by atoms with van der Waals surface area (Å²) in [6.45, 7) is 3.34. The molecule has 0 saturated heterocycles. The Kier molecular flexibility index (Phi) is 2.32. The molecule has 2 aromatic rings. The fraction of sp³-hybridized carbons (Fsp3) is 0. The molecule has 6 nitrogen and oxygen atoms in total. The molecule has 0 radical (unpaired) electrons. The smallest absolute Gasteiger partial charge is 0.297 e. The van der Waals surface area contributed by atoms with Crippen molar-refractivity contribution in [1.29, 1.82) is 0 Å². The summed E-state index contributed by atoms with van der Waals surface area (Å²) in [5.74, 6) is 0. The van der Waals surface area contributed by atoms with E-state index in [4.69, 9.17) is 4.84 Å². The fourth-order valence-electron chi connectivity index (χ4n) is 1.10. The maximum atomic E-state index is 11.1. The molecule has 0 aliphatic rings. The SMILES string of the molecule is C=CNC(=O)On1nnc2ccccc21. The zero-order valence-corrected chi connectivity index (χ0v) is 7.75. The summed E-state index contributed by atoms with van der Waals surface area (Å²) in [4.78, 5) is 16.9. The van der Waals surface area contributed by atoms with Crippen molar-refractivity contribution in [3.63, 3.8) is 0 Å². The molecule has 1 aromatic carbocycles. The van der Waals surface area contributed by atoms with Crippen LogP contribution >= 0.6 is 0 Å². The molecule has 0 atom stereocenters. The number of amides is 1. The maximum Gasteiger partial charge on any atom is 0.437 e. The normalized spacial score (nSPS) is 9.87. The molecular weight excluding hydrogens is 196 g/mol. The second-order valence-corrected chi connectivity index (χ2v) is 2.68. The number of benzene rings is 1. The highest BCUT2D eigenvalue weighted by Crippen LogP contribution is 2.07. The zero-order chi connectivity index (χ0) is 10.7. The summed E-state index contributed by atoms with van der Waals surface area (Å²) in [5.41, 5.74) is 1.28. The van der Waals surface area contributed by atoms with Crippen LogP contribution in [0.4, 0.5) is 4.79 Å². The molecule has 76 valence electrons. The number of nitrogens with zero attached hydrogens (tertiary/aromatic N) is 3. The first kappa shape index (κ1) is 9.20. The highest BCUT2D eigenvalue weighted by atomic mass is 16.7. The summed E-state index contributed by atoms with van der Waals surface area (Å²) in [6.07, 6.45) is 0.558. The van der Waals surface area contributed by atoms with E-state index in [9.17, 15) is 4.79 Å². The lowest BCUT2D eigenvalue weighted by Gasteiger charge is -2.01. The van der Waals surface area contributed by atoms with Gasteiger partial charge in [0.15, 0.2) is 0 Å². The highest BCUT2D eigenvalue weighted by Gasteiger charge is 2.07. The second-order valence-electron chi connectivity index (χ2n) is 2.68. The summed E-state index contributed by atoms with van der Waals surface area (Å²) in [6, 6.07) is 7.15. The highest BCUT2D eigenvalue weighted by molar-refractivity contribution is 5.75. The molecule has 0 unspecified atom stereocenters. The lowest BCUT2D eigenvalue weighted by molar-refractivity contribution is 0.122. The van der Waals surface area contributed by atoms with E-state index in [-0.39, 0.29) is 0 Å². The lowest BCUT2D eigenvalue weighted by Crippen LogP contribution is -2.28. The van der Waals surface area contributed by atoms with Gasteiger partial charge in [0.1, 0.15) is 11.0 Å². The van der Waals surface area contributed by atoms with Crippen molar-refractivity contribution in [2.75, 3.05) is 0 Å². The molecule has 1 N–H and O–H groups in total. The van der Waals surface area contributed by atoms with Crippen LogP contribution in [0, 0.1) is 0 Å². The summed E-state index contributed by atoms with van der Waals surface area (Å²) < 4.78 is 0. The average Bonchev–Trinajstić information content (AvgIpc) is 2.62. The number of nitrogens with one attached hydrogen (secondary N) is 1. The standard InChI is InChI=1S/C9H8N4O2/c1-2-10-9(14)15-13-8-6-4-3-5-7(8)11-12-13/h2-6H,1H2,(H,10,14). The monoisotopic (exact) mass is 204 g/mol. The van der Waals surface area contributed by atoms with E-state index in [1.54, 1.807) is 18.2 Å². The predicted molar refractivity (Wildman–Crippen MR) is 52.8 cm³/mol. The Balaban J connectivity index is 2.28. The van der Waals surface area contributed by atoms with Crippen LogP contribution in [-0.4, -0.2) is 21.3 Å². The maximum absolute atomic E-state index is 11.1. The van der Waals surface area contributed by atoms with E-state index in [0.717, 1.165) is 4.85 Å². The third kappa shape index (κ3) is 1.78. The van der Waals surface area contributed by atoms with Crippen LogP contribution in [0.5, 0.6) is 0 Å². The number of hydrogen-bond acceptors (Lipinski definition) is 4. The Hall–Kier alpha value is -2.37. The third-order valence-corrected chi connectivity index (χ3v) is 1.71. The lowest BCUT2D eigenvalue weighted by atomic mass is 10.3. The Bertz CT molecular complexity index is 506. The first-order valence-corrected chi connectivity index (χ1v) is 4.21. The summed E-state index contributed by atoms with van der Waals surface area (Å²) in [7, 11) is 0. The zero-order valence-electron chi connectivity index (χ0n) is 7.75. The van der Waals surface area contributed by atoms with Crippen LogP contribution in [0.25, 0.3) is 11.0 Å². The van der Waals surface area contributed by atoms with E-state index < -0.39 is 6.09 Å². The van der Waals surface area contributed by atoms with Crippen molar-refractivity contribution < 1.29 is 9.63 Å². The predicted octanol–water partition coefficient (Wildman–Crippen LogP) is 0.713. The van der Waals surface area contributed by atoms with Crippen molar-refractivity contribution in [2.24, 2.45) is 0 Å². The van der Waals surface area contributed by atoms with Gasteiger partial charge in [-0.05, 0) is 17.3 Å². The van der Waals surface area contributed by atoms with Gasteiger partial charge in [-0.15, -0.1) is 5.10 Å². The molecule has 15 heavy (non-hydrogen) atoms. The Morgan fingerprint density at radius 3 is 3.13 bits per heavy atom. The van der Waals surface area contributed by atoms with Gasteiger partial charge in [0.25, 0.3) is 0 Å². The second kappa shape index (κ2) is 3.79. The van der Waals surface area contributed by atoms with Gasteiger partial charge in [-0.25, -0.2) is 4.79 Å². The molecule has 2 rings (SSSR count). The molecule has 6 heteroatoms. The van der Waals surface area contributed by atoms with Crippen LogP contribution in [-0.2, 0) is 0 Å².